The molecule has 4 heteroatoms. The molecule has 2 bridgehead atoms. The van der Waals surface area contributed by atoms with Crippen LogP contribution in [0.2, 0.25) is 0 Å². The maximum absolute atomic E-state index is 11.1. The van der Waals surface area contributed by atoms with Gasteiger partial charge in [0, 0.05) is 13.1 Å². The predicted octanol–water partition coefficient (Wildman–Crippen LogP) is 1.82. The van der Waals surface area contributed by atoms with Crippen LogP contribution < -0.4 is 0 Å². The predicted molar refractivity (Wildman–Crippen MR) is 53.9 cm³/mol. The van der Waals surface area contributed by atoms with Crippen molar-refractivity contribution in [1.29, 1.82) is 0 Å². The van der Waals surface area contributed by atoms with E-state index in [1.807, 2.05) is 0 Å². The molecule has 3 aliphatic carbocycles. The van der Waals surface area contributed by atoms with Crippen LogP contribution in [0.4, 0.5) is 0 Å². The van der Waals surface area contributed by atoms with Crippen molar-refractivity contribution in [3.05, 3.63) is 0 Å². The van der Waals surface area contributed by atoms with Crippen molar-refractivity contribution in [3.63, 3.8) is 0 Å². The molecule has 1 N–H and O–H groups in total. The number of fused-ring (bicyclic) bond motifs is 2. The number of carboxylic acid groups (broad SMARTS) is 1. The highest BCUT2D eigenvalue weighted by Crippen LogP contribution is 2.54. The molecule has 0 heterocycles. The van der Waals surface area contributed by atoms with Gasteiger partial charge in [0.2, 0.25) is 0 Å². The number of carbonyl (C=O) groups is 1. The molecule has 0 aliphatic heterocycles. The summed E-state index contributed by atoms with van der Waals surface area (Å²) in [5.74, 6) is 0.796. The quantitative estimate of drug-likeness (QED) is 0.718. The second-order valence-electron chi connectivity index (χ2n) is 4.71. The summed E-state index contributed by atoms with van der Waals surface area (Å²) < 4.78 is 1.58. The van der Waals surface area contributed by atoms with Crippen molar-refractivity contribution in [1.82, 2.24) is 4.42 Å². The van der Waals surface area contributed by atoms with Gasteiger partial charge in [-0.15, -0.1) is 0 Å². The third kappa shape index (κ3) is 1.34. The lowest BCUT2D eigenvalue weighted by molar-refractivity contribution is -0.154. The van der Waals surface area contributed by atoms with Gasteiger partial charge in [-0.05, 0) is 42.4 Å². The molecule has 0 aromatic rings. The molecule has 3 saturated carbocycles. The average Bonchev–Trinajstić information content (AvgIpc) is 2.15. The summed E-state index contributed by atoms with van der Waals surface area (Å²) in [4.78, 5) is 11.1. The first kappa shape index (κ1) is 10.2. The van der Waals surface area contributed by atoms with Crippen molar-refractivity contribution in [2.24, 2.45) is 23.7 Å². The van der Waals surface area contributed by atoms with Crippen LogP contribution in [-0.4, -0.2) is 28.6 Å². The Balaban J connectivity index is 2.17. The van der Waals surface area contributed by atoms with Gasteiger partial charge in [0.1, 0.15) is 0 Å². The van der Waals surface area contributed by atoms with Gasteiger partial charge in [0.05, 0.1) is 5.92 Å². The Morgan fingerprint density at radius 3 is 2.57 bits per heavy atom. The molecule has 0 amide bonds. The molecule has 3 rings (SSSR count). The first-order valence-electron chi connectivity index (χ1n) is 5.13. The highest BCUT2D eigenvalue weighted by molar-refractivity contribution is 6.13. The Bertz CT molecular complexity index is 257. The Morgan fingerprint density at radius 2 is 2.14 bits per heavy atom. The molecule has 0 spiro atoms. The number of rotatable bonds is 2. The van der Waals surface area contributed by atoms with Crippen LogP contribution in [0.5, 0.6) is 0 Å². The van der Waals surface area contributed by atoms with E-state index in [-0.39, 0.29) is 12.0 Å². The van der Waals surface area contributed by atoms with E-state index in [2.05, 4.69) is 6.92 Å². The van der Waals surface area contributed by atoms with E-state index in [4.69, 9.17) is 16.9 Å². The van der Waals surface area contributed by atoms with Crippen molar-refractivity contribution >= 4 is 17.7 Å². The van der Waals surface area contributed by atoms with Crippen molar-refractivity contribution in [2.75, 3.05) is 7.05 Å². The molecule has 1 unspecified atom stereocenters. The molecule has 0 aromatic carbocycles. The molecule has 3 nitrogen and oxygen atoms in total. The van der Waals surface area contributed by atoms with Crippen LogP contribution >= 0.6 is 11.8 Å². The number of hydrogen-bond acceptors (Lipinski definition) is 2. The van der Waals surface area contributed by atoms with Crippen molar-refractivity contribution in [3.8, 4) is 0 Å². The fraction of sp³-hybridized carbons (Fsp3) is 0.900. The van der Waals surface area contributed by atoms with E-state index in [1.165, 1.54) is 0 Å². The molecule has 3 fully saturated rings. The molecule has 14 heavy (non-hydrogen) atoms. The van der Waals surface area contributed by atoms with Gasteiger partial charge in [-0.3, -0.25) is 4.79 Å². The Morgan fingerprint density at radius 1 is 1.50 bits per heavy atom. The molecule has 0 radical (unpaired) electrons. The van der Waals surface area contributed by atoms with Crippen LogP contribution in [0.15, 0.2) is 0 Å². The van der Waals surface area contributed by atoms with E-state index in [0.717, 1.165) is 12.8 Å². The van der Waals surface area contributed by atoms with Crippen LogP contribution in [0.1, 0.15) is 19.8 Å². The van der Waals surface area contributed by atoms with Gasteiger partial charge in [-0.1, -0.05) is 6.92 Å². The highest BCUT2D eigenvalue weighted by Gasteiger charge is 2.54. The number of carboxylic acids is 1. The zero-order chi connectivity index (χ0) is 10.5. The molecule has 0 saturated heterocycles. The van der Waals surface area contributed by atoms with E-state index in [1.54, 1.807) is 11.5 Å². The lowest BCUT2D eigenvalue weighted by atomic mass is 9.52. The largest absolute Gasteiger partial charge is 0.481 e. The summed E-state index contributed by atoms with van der Waals surface area (Å²) in [6.45, 7) is 2.21. The Kier molecular flexibility index (Phi) is 2.48. The maximum Gasteiger partial charge on any atom is 0.308 e. The fourth-order valence-electron chi connectivity index (χ4n) is 3.22. The molecule has 5 atom stereocenters. The van der Waals surface area contributed by atoms with E-state index in [9.17, 15) is 4.79 Å². The SMILES string of the molecule is CC1[C@H]2C[C@H](C(=O)O)[C@H](N(C)Cl)[C@@H]1C2. The van der Waals surface area contributed by atoms with Crippen LogP contribution in [-0.2, 0) is 4.79 Å². The number of hydrogen-bond donors (Lipinski definition) is 1. The summed E-state index contributed by atoms with van der Waals surface area (Å²) in [7, 11) is 1.77. The molecule has 3 aliphatic rings. The second kappa shape index (κ2) is 3.38. The lowest BCUT2D eigenvalue weighted by Crippen LogP contribution is -2.58. The van der Waals surface area contributed by atoms with E-state index >= 15 is 0 Å². The minimum atomic E-state index is -0.691. The van der Waals surface area contributed by atoms with Gasteiger partial charge in [0.15, 0.2) is 0 Å². The average molecular weight is 218 g/mol. The van der Waals surface area contributed by atoms with Crippen molar-refractivity contribution in [2.45, 2.75) is 25.8 Å². The van der Waals surface area contributed by atoms with Gasteiger partial charge in [0.25, 0.3) is 0 Å². The number of halogens is 1. The topological polar surface area (TPSA) is 40.5 Å². The smallest absolute Gasteiger partial charge is 0.308 e. The normalized spacial score (nSPS) is 46.1. The van der Waals surface area contributed by atoms with Gasteiger partial charge < -0.3 is 5.11 Å². The number of nitrogens with zero attached hydrogens (tertiary/aromatic N) is 1. The van der Waals surface area contributed by atoms with Crippen LogP contribution in [0, 0.1) is 23.7 Å². The van der Waals surface area contributed by atoms with E-state index in [0.29, 0.717) is 17.8 Å². The maximum atomic E-state index is 11.1. The van der Waals surface area contributed by atoms with Gasteiger partial charge in [-0.25, -0.2) is 4.42 Å². The van der Waals surface area contributed by atoms with Gasteiger partial charge >= 0.3 is 5.97 Å². The molecule has 0 aromatic heterocycles. The zero-order valence-electron chi connectivity index (χ0n) is 8.48. The van der Waals surface area contributed by atoms with Crippen LogP contribution in [0.3, 0.4) is 0 Å². The number of aliphatic carboxylic acids is 1. The highest BCUT2D eigenvalue weighted by atomic mass is 35.5. The summed E-state index contributed by atoms with van der Waals surface area (Å²) in [5, 5.41) is 9.10. The monoisotopic (exact) mass is 217 g/mol. The van der Waals surface area contributed by atoms with Gasteiger partial charge in [-0.2, -0.15) is 0 Å². The summed E-state index contributed by atoms with van der Waals surface area (Å²) >= 11 is 5.95. The first-order chi connectivity index (χ1) is 6.52. The summed E-state index contributed by atoms with van der Waals surface area (Å²) in [6.07, 6.45) is 1.96. The first-order valence-corrected chi connectivity index (χ1v) is 5.47. The minimum Gasteiger partial charge on any atom is -0.481 e. The zero-order valence-corrected chi connectivity index (χ0v) is 9.24. The fourth-order valence-corrected chi connectivity index (χ4v) is 3.50. The summed E-state index contributed by atoms with van der Waals surface area (Å²) in [6, 6.07) is 0.0224. The molecular formula is C10H16ClNO2. The third-order valence-corrected chi connectivity index (χ3v) is 4.35. The van der Waals surface area contributed by atoms with Crippen LogP contribution in [0.25, 0.3) is 0 Å². The molecular weight excluding hydrogens is 202 g/mol. The van der Waals surface area contributed by atoms with Crippen molar-refractivity contribution < 1.29 is 9.90 Å². The molecule has 80 valence electrons. The summed E-state index contributed by atoms with van der Waals surface area (Å²) in [5.41, 5.74) is 0. The third-order valence-electron chi connectivity index (χ3n) is 4.13. The standard InChI is InChI=1S/C10H16ClNO2/c1-5-6-3-7(5)9(12(2)11)8(4-6)10(13)14/h5-9H,3-4H2,1-2H3,(H,13,14)/t5?,6-,7-,8+,9-/m1/s1. The minimum absolute atomic E-state index is 0.0224. The Labute approximate surface area is 89.1 Å². The van der Waals surface area contributed by atoms with E-state index < -0.39 is 5.97 Å². The Hall–Kier alpha value is -0.280. The second-order valence-corrected chi connectivity index (χ2v) is 5.25. The lowest BCUT2D eigenvalue weighted by Gasteiger charge is -2.55.